The van der Waals surface area contributed by atoms with Gasteiger partial charge >= 0.3 is 0 Å². The van der Waals surface area contributed by atoms with Gasteiger partial charge in [-0.25, -0.2) is 0 Å². The van der Waals surface area contributed by atoms with E-state index < -0.39 is 0 Å². The third-order valence-corrected chi connectivity index (χ3v) is 6.41. The van der Waals surface area contributed by atoms with Gasteiger partial charge in [0.05, 0.1) is 5.92 Å². The lowest BCUT2D eigenvalue weighted by molar-refractivity contribution is -0.123. The zero-order valence-corrected chi connectivity index (χ0v) is 19.2. The third-order valence-electron chi connectivity index (χ3n) is 6.41. The minimum atomic E-state index is -0.141. The summed E-state index contributed by atoms with van der Waals surface area (Å²) in [6.45, 7) is 9.22. The normalized spacial score (nSPS) is 29.1. The number of nitrogens with one attached hydrogen (secondary N) is 1. The lowest BCUT2D eigenvalue weighted by Gasteiger charge is -2.30. The van der Waals surface area contributed by atoms with Crippen LogP contribution in [0, 0.1) is 17.8 Å². The van der Waals surface area contributed by atoms with Crippen LogP contribution in [0.4, 0.5) is 0 Å². The summed E-state index contributed by atoms with van der Waals surface area (Å²) in [7, 11) is 0. The molecule has 3 rings (SSSR count). The SMILES string of the molecule is CCNC(=NCCCN1CCCC(C(N)=O)C1)N1CC2CCCCC2C1.I. The number of nitrogens with two attached hydrogens (primary N) is 1. The number of hydrogen-bond donors (Lipinski definition) is 2. The fourth-order valence-electron chi connectivity index (χ4n) is 4.97. The number of guanidine groups is 1. The predicted octanol–water partition coefficient (Wildman–Crippen LogP) is 2.28. The first-order valence-corrected chi connectivity index (χ1v) is 10.7. The van der Waals surface area contributed by atoms with E-state index in [2.05, 4.69) is 22.0 Å². The molecule has 7 heteroatoms. The van der Waals surface area contributed by atoms with Gasteiger partial charge in [-0.3, -0.25) is 9.79 Å². The summed E-state index contributed by atoms with van der Waals surface area (Å²) < 4.78 is 0. The molecule has 0 aromatic heterocycles. The maximum absolute atomic E-state index is 11.4. The van der Waals surface area contributed by atoms with Crippen molar-refractivity contribution in [1.82, 2.24) is 15.1 Å². The van der Waals surface area contributed by atoms with Crippen molar-refractivity contribution in [2.45, 2.75) is 51.9 Å². The van der Waals surface area contributed by atoms with Crippen LogP contribution in [0.15, 0.2) is 4.99 Å². The van der Waals surface area contributed by atoms with Crippen LogP contribution in [-0.4, -0.2) is 67.5 Å². The molecule has 0 spiro atoms. The fraction of sp³-hybridized carbons (Fsp3) is 0.900. The Morgan fingerprint density at radius 1 is 1.11 bits per heavy atom. The molecule has 3 unspecified atom stereocenters. The summed E-state index contributed by atoms with van der Waals surface area (Å²) in [5.74, 6) is 2.77. The van der Waals surface area contributed by atoms with Crippen molar-refractivity contribution in [3.63, 3.8) is 0 Å². The van der Waals surface area contributed by atoms with Gasteiger partial charge in [0.1, 0.15) is 0 Å². The van der Waals surface area contributed by atoms with Crippen LogP contribution in [0.5, 0.6) is 0 Å². The smallest absolute Gasteiger partial charge is 0.221 e. The first-order chi connectivity index (χ1) is 12.7. The van der Waals surface area contributed by atoms with Gasteiger partial charge in [-0.1, -0.05) is 12.8 Å². The summed E-state index contributed by atoms with van der Waals surface area (Å²) in [4.78, 5) is 21.2. The van der Waals surface area contributed by atoms with Crippen LogP contribution in [-0.2, 0) is 4.79 Å². The fourth-order valence-corrected chi connectivity index (χ4v) is 4.97. The number of carbonyl (C=O) groups excluding carboxylic acids is 1. The number of rotatable bonds is 6. The van der Waals surface area contributed by atoms with Crippen molar-refractivity contribution in [3.8, 4) is 0 Å². The molecule has 3 N–H and O–H groups in total. The van der Waals surface area contributed by atoms with Crippen LogP contribution < -0.4 is 11.1 Å². The number of halogens is 1. The number of primary amides is 1. The highest BCUT2D eigenvalue weighted by molar-refractivity contribution is 14.0. The van der Waals surface area contributed by atoms with Gasteiger partial charge in [0, 0.05) is 32.7 Å². The highest BCUT2D eigenvalue weighted by Gasteiger charge is 2.35. The van der Waals surface area contributed by atoms with E-state index >= 15 is 0 Å². The van der Waals surface area contributed by atoms with Crippen LogP contribution in [0.2, 0.25) is 0 Å². The monoisotopic (exact) mass is 491 g/mol. The van der Waals surface area contributed by atoms with E-state index in [1.807, 2.05) is 0 Å². The maximum atomic E-state index is 11.4. The number of carbonyl (C=O) groups is 1. The van der Waals surface area contributed by atoms with Crippen molar-refractivity contribution in [1.29, 1.82) is 0 Å². The highest BCUT2D eigenvalue weighted by Crippen LogP contribution is 2.35. The molecule has 27 heavy (non-hydrogen) atoms. The standard InChI is InChI=1S/C20H37N5O.HI/c1-2-22-20(25-14-16-7-3-4-8-17(16)15-25)23-10-6-12-24-11-5-9-18(13-24)19(21)26;/h16-18H,2-15H2,1H3,(H2,21,26)(H,22,23);1H. The highest BCUT2D eigenvalue weighted by atomic mass is 127. The molecule has 0 radical (unpaired) electrons. The second kappa shape index (κ2) is 11.4. The van der Waals surface area contributed by atoms with E-state index in [0.717, 1.165) is 69.8 Å². The van der Waals surface area contributed by atoms with Gasteiger partial charge in [0.2, 0.25) is 5.91 Å². The van der Waals surface area contributed by atoms with Crippen molar-refractivity contribution < 1.29 is 4.79 Å². The second-order valence-electron chi connectivity index (χ2n) is 8.34. The van der Waals surface area contributed by atoms with Crippen LogP contribution in [0.1, 0.15) is 51.9 Å². The number of aliphatic imine (C=N–C) groups is 1. The maximum Gasteiger partial charge on any atom is 0.221 e. The second-order valence-corrected chi connectivity index (χ2v) is 8.34. The molecule has 0 aromatic rings. The largest absolute Gasteiger partial charge is 0.369 e. The molecule has 2 aliphatic heterocycles. The molecular weight excluding hydrogens is 453 g/mol. The van der Waals surface area contributed by atoms with Gasteiger partial charge in [-0.05, 0) is 64.0 Å². The Morgan fingerprint density at radius 3 is 2.44 bits per heavy atom. The molecule has 3 atom stereocenters. The topological polar surface area (TPSA) is 74.0 Å². The summed E-state index contributed by atoms with van der Waals surface area (Å²) in [5.41, 5.74) is 5.48. The Morgan fingerprint density at radius 2 is 1.81 bits per heavy atom. The summed E-state index contributed by atoms with van der Waals surface area (Å²) in [6.07, 6.45) is 8.69. The van der Waals surface area contributed by atoms with Gasteiger partial charge in [0.15, 0.2) is 5.96 Å². The summed E-state index contributed by atoms with van der Waals surface area (Å²) >= 11 is 0. The Hall–Kier alpha value is -0.570. The minimum Gasteiger partial charge on any atom is -0.369 e. The Kier molecular flexibility index (Phi) is 9.62. The molecular formula is C20H38IN5O. The molecule has 1 saturated carbocycles. The first-order valence-electron chi connectivity index (χ1n) is 10.7. The number of amides is 1. The molecule has 0 aromatic carbocycles. The van der Waals surface area contributed by atoms with E-state index in [1.54, 1.807) is 0 Å². The van der Waals surface area contributed by atoms with Crippen molar-refractivity contribution >= 4 is 35.8 Å². The Labute approximate surface area is 181 Å². The molecule has 6 nitrogen and oxygen atoms in total. The number of hydrogen-bond acceptors (Lipinski definition) is 3. The van der Waals surface area contributed by atoms with Crippen molar-refractivity contribution in [3.05, 3.63) is 0 Å². The van der Waals surface area contributed by atoms with Gasteiger partial charge in [-0.15, -0.1) is 24.0 Å². The first kappa shape index (κ1) is 22.7. The summed E-state index contributed by atoms with van der Waals surface area (Å²) in [5, 5.41) is 3.50. The average molecular weight is 491 g/mol. The molecule has 3 aliphatic rings. The van der Waals surface area contributed by atoms with Crippen LogP contribution in [0.25, 0.3) is 0 Å². The van der Waals surface area contributed by atoms with Crippen molar-refractivity contribution in [2.24, 2.45) is 28.5 Å². The van der Waals surface area contributed by atoms with E-state index in [0.29, 0.717) is 0 Å². The number of fused-ring (bicyclic) bond motifs is 1. The van der Waals surface area contributed by atoms with E-state index in [4.69, 9.17) is 10.7 Å². The van der Waals surface area contributed by atoms with Gasteiger partial charge < -0.3 is 20.9 Å². The lowest BCUT2D eigenvalue weighted by atomic mass is 9.82. The zero-order chi connectivity index (χ0) is 18.4. The molecule has 1 aliphatic carbocycles. The number of nitrogens with zero attached hydrogens (tertiary/aromatic N) is 3. The Balaban J connectivity index is 0.00000261. The van der Waals surface area contributed by atoms with E-state index in [1.165, 1.54) is 38.8 Å². The molecule has 2 heterocycles. The van der Waals surface area contributed by atoms with E-state index in [-0.39, 0.29) is 35.8 Å². The predicted molar refractivity (Wildman–Crippen MR) is 121 cm³/mol. The molecule has 0 bridgehead atoms. The molecule has 156 valence electrons. The zero-order valence-electron chi connectivity index (χ0n) is 16.9. The molecule has 1 amide bonds. The van der Waals surface area contributed by atoms with Crippen LogP contribution in [0.3, 0.4) is 0 Å². The number of piperidine rings is 1. The Bertz CT molecular complexity index is 487. The van der Waals surface area contributed by atoms with Crippen LogP contribution >= 0.6 is 24.0 Å². The van der Waals surface area contributed by atoms with Gasteiger partial charge in [-0.2, -0.15) is 0 Å². The van der Waals surface area contributed by atoms with Gasteiger partial charge in [0.25, 0.3) is 0 Å². The molecule has 2 saturated heterocycles. The average Bonchev–Trinajstić information content (AvgIpc) is 3.08. The summed E-state index contributed by atoms with van der Waals surface area (Å²) in [6, 6.07) is 0. The lowest BCUT2D eigenvalue weighted by Crippen LogP contribution is -2.42. The van der Waals surface area contributed by atoms with E-state index in [9.17, 15) is 4.79 Å². The van der Waals surface area contributed by atoms with Crippen molar-refractivity contribution in [2.75, 3.05) is 45.8 Å². The number of likely N-dealkylation sites (tertiary alicyclic amines) is 2. The third kappa shape index (κ3) is 6.48. The minimum absolute atomic E-state index is 0. The molecule has 3 fully saturated rings. The quantitative estimate of drug-likeness (QED) is 0.259.